The predicted molar refractivity (Wildman–Crippen MR) is 123 cm³/mol. The van der Waals surface area contributed by atoms with Gasteiger partial charge in [0.2, 0.25) is 5.91 Å². The third kappa shape index (κ3) is 3.43. The molecule has 4 aromatic rings. The molecular weight excluding hydrogens is 408 g/mol. The van der Waals surface area contributed by atoms with Crippen LogP contribution in [0.25, 0.3) is 21.3 Å². The van der Waals surface area contributed by atoms with Gasteiger partial charge in [0.15, 0.2) is 0 Å². The second-order valence-corrected chi connectivity index (χ2v) is 8.74. The van der Waals surface area contributed by atoms with Crippen molar-refractivity contribution in [2.75, 3.05) is 18.8 Å². The Balaban J connectivity index is 1.54. The highest BCUT2D eigenvalue weighted by atomic mass is 32.1. The molecule has 0 spiro atoms. The van der Waals surface area contributed by atoms with E-state index in [2.05, 4.69) is 44.0 Å². The summed E-state index contributed by atoms with van der Waals surface area (Å²) >= 11 is 1.67. The summed E-state index contributed by atoms with van der Waals surface area (Å²) in [7, 11) is 0. The molecule has 1 amide bonds. The van der Waals surface area contributed by atoms with Gasteiger partial charge in [0, 0.05) is 24.8 Å². The quantitative estimate of drug-likeness (QED) is 0.391. The van der Waals surface area contributed by atoms with E-state index in [0.717, 1.165) is 43.8 Å². The Labute approximate surface area is 183 Å². The molecule has 1 aliphatic rings. The fourth-order valence-corrected chi connectivity index (χ4v) is 4.85. The van der Waals surface area contributed by atoms with E-state index in [1.54, 1.807) is 16.2 Å². The topological polar surface area (TPSA) is 89.9 Å². The van der Waals surface area contributed by atoms with E-state index >= 15 is 0 Å². The standard InChI is InChI=1S/C23H20N6OS/c1-3-20(30)28-9-8-17(12-28)29-11-16(21-22(24)25-13-26-23(21)29)6-4-15-5-7-19-18(10-15)27-14(2)31-19/h3,5,7,10-11,13,17H,1,8-9,12H2,2H3,(H2,24,25,26)/t17-/m0/s1. The summed E-state index contributed by atoms with van der Waals surface area (Å²) in [6.07, 6.45) is 5.63. The molecular formula is C23H20N6OS. The van der Waals surface area contributed by atoms with Crippen molar-refractivity contribution in [1.29, 1.82) is 0 Å². The highest BCUT2D eigenvalue weighted by Crippen LogP contribution is 2.30. The Kier molecular flexibility index (Phi) is 4.68. The smallest absolute Gasteiger partial charge is 0.246 e. The summed E-state index contributed by atoms with van der Waals surface area (Å²) in [5.41, 5.74) is 9.55. The molecule has 0 saturated carbocycles. The van der Waals surface area contributed by atoms with Gasteiger partial charge < -0.3 is 15.2 Å². The van der Waals surface area contributed by atoms with E-state index < -0.39 is 0 Å². The molecule has 1 saturated heterocycles. The molecule has 1 atom stereocenters. The summed E-state index contributed by atoms with van der Waals surface area (Å²) in [5.74, 6) is 6.83. The van der Waals surface area contributed by atoms with Gasteiger partial charge in [-0.15, -0.1) is 11.3 Å². The minimum Gasteiger partial charge on any atom is -0.383 e. The highest BCUT2D eigenvalue weighted by Gasteiger charge is 2.28. The van der Waals surface area contributed by atoms with Crippen molar-refractivity contribution in [3.8, 4) is 11.8 Å². The SMILES string of the molecule is C=CC(=O)N1CC[C@H](n2cc(C#Cc3ccc4sc(C)nc4c3)c3c(N)ncnc32)C1. The van der Waals surface area contributed by atoms with Gasteiger partial charge >= 0.3 is 0 Å². The van der Waals surface area contributed by atoms with Gasteiger partial charge in [-0.3, -0.25) is 4.79 Å². The summed E-state index contributed by atoms with van der Waals surface area (Å²) < 4.78 is 3.22. The largest absolute Gasteiger partial charge is 0.383 e. The Morgan fingerprint density at radius 2 is 2.23 bits per heavy atom. The van der Waals surface area contributed by atoms with Crippen LogP contribution in [-0.2, 0) is 4.79 Å². The Morgan fingerprint density at radius 1 is 1.35 bits per heavy atom. The number of nitrogens with zero attached hydrogens (tertiary/aromatic N) is 5. The molecule has 0 radical (unpaired) electrons. The van der Waals surface area contributed by atoms with E-state index in [0.29, 0.717) is 18.9 Å². The number of rotatable bonds is 2. The molecule has 1 fully saturated rings. The fraction of sp³-hybridized carbons (Fsp3) is 0.217. The number of likely N-dealkylation sites (tertiary alicyclic amines) is 1. The average Bonchev–Trinajstić information content (AvgIpc) is 3.47. The highest BCUT2D eigenvalue weighted by molar-refractivity contribution is 7.18. The molecule has 2 N–H and O–H groups in total. The van der Waals surface area contributed by atoms with Crippen molar-refractivity contribution < 1.29 is 4.79 Å². The van der Waals surface area contributed by atoms with Gasteiger partial charge in [0.25, 0.3) is 0 Å². The van der Waals surface area contributed by atoms with E-state index in [1.165, 1.54) is 12.4 Å². The van der Waals surface area contributed by atoms with Crippen LogP contribution in [0.3, 0.4) is 0 Å². The van der Waals surface area contributed by atoms with Crippen LogP contribution >= 0.6 is 11.3 Å². The number of nitrogen functional groups attached to an aromatic ring is 1. The Bertz CT molecular complexity index is 1410. The maximum Gasteiger partial charge on any atom is 0.246 e. The van der Waals surface area contributed by atoms with Gasteiger partial charge in [0.1, 0.15) is 17.8 Å². The van der Waals surface area contributed by atoms with Gasteiger partial charge in [0.05, 0.1) is 32.2 Å². The maximum absolute atomic E-state index is 12.0. The lowest BCUT2D eigenvalue weighted by molar-refractivity contribution is -0.125. The minimum atomic E-state index is -0.0548. The first-order valence-electron chi connectivity index (χ1n) is 9.95. The number of nitrogens with two attached hydrogens (primary N) is 1. The van der Waals surface area contributed by atoms with Crippen LogP contribution < -0.4 is 5.73 Å². The van der Waals surface area contributed by atoms with Crippen molar-refractivity contribution in [3.05, 3.63) is 59.5 Å². The summed E-state index contributed by atoms with van der Waals surface area (Å²) in [4.78, 5) is 27.0. The van der Waals surface area contributed by atoms with E-state index in [1.807, 2.05) is 25.3 Å². The number of carbonyl (C=O) groups is 1. The van der Waals surface area contributed by atoms with Crippen molar-refractivity contribution in [3.63, 3.8) is 0 Å². The van der Waals surface area contributed by atoms with Crippen molar-refractivity contribution >= 4 is 44.3 Å². The number of amides is 1. The summed E-state index contributed by atoms with van der Waals surface area (Å²) in [6.45, 7) is 6.87. The van der Waals surface area contributed by atoms with E-state index in [4.69, 9.17) is 5.73 Å². The summed E-state index contributed by atoms with van der Waals surface area (Å²) in [6, 6.07) is 6.15. The van der Waals surface area contributed by atoms with Crippen LogP contribution in [0.4, 0.5) is 5.82 Å². The Hall–Kier alpha value is -3.70. The zero-order valence-electron chi connectivity index (χ0n) is 17.0. The molecule has 1 aromatic carbocycles. The average molecular weight is 429 g/mol. The minimum absolute atomic E-state index is 0.0548. The lowest BCUT2D eigenvalue weighted by atomic mass is 10.2. The lowest BCUT2D eigenvalue weighted by Gasteiger charge is -2.15. The van der Waals surface area contributed by atoms with E-state index in [-0.39, 0.29) is 11.9 Å². The molecule has 0 aliphatic carbocycles. The molecule has 5 rings (SSSR count). The normalized spacial score (nSPS) is 15.9. The lowest BCUT2D eigenvalue weighted by Crippen LogP contribution is -2.27. The van der Waals surface area contributed by atoms with Crippen molar-refractivity contribution in [2.24, 2.45) is 0 Å². The molecule has 4 heterocycles. The van der Waals surface area contributed by atoms with Crippen LogP contribution in [0.1, 0.15) is 28.6 Å². The van der Waals surface area contributed by atoms with Gasteiger partial charge in [-0.25, -0.2) is 15.0 Å². The van der Waals surface area contributed by atoms with E-state index in [9.17, 15) is 4.79 Å². The number of fused-ring (bicyclic) bond motifs is 2. The first-order chi connectivity index (χ1) is 15.0. The van der Waals surface area contributed by atoms with Gasteiger partial charge in [-0.05, 0) is 37.6 Å². The van der Waals surface area contributed by atoms with Crippen molar-refractivity contribution in [1.82, 2.24) is 24.4 Å². The second-order valence-electron chi connectivity index (χ2n) is 7.50. The first-order valence-corrected chi connectivity index (χ1v) is 10.8. The van der Waals surface area contributed by atoms with Crippen LogP contribution in [0, 0.1) is 18.8 Å². The molecule has 0 bridgehead atoms. The molecule has 0 unspecified atom stereocenters. The second kappa shape index (κ2) is 7.52. The number of benzene rings is 1. The number of aryl methyl sites for hydroxylation is 1. The number of carbonyl (C=O) groups excluding carboxylic acids is 1. The molecule has 8 heteroatoms. The van der Waals surface area contributed by atoms with Crippen LogP contribution in [0.5, 0.6) is 0 Å². The van der Waals surface area contributed by atoms with Crippen LogP contribution in [0.15, 0.2) is 43.4 Å². The molecule has 31 heavy (non-hydrogen) atoms. The number of hydrogen-bond acceptors (Lipinski definition) is 6. The first kappa shape index (κ1) is 19.3. The summed E-state index contributed by atoms with van der Waals surface area (Å²) in [5, 5.41) is 1.78. The molecule has 3 aromatic heterocycles. The third-order valence-electron chi connectivity index (χ3n) is 5.52. The zero-order chi connectivity index (χ0) is 21.5. The molecule has 7 nitrogen and oxygen atoms in total. The Morgan fingerprint density at radius 3 is 3.06 bits per heavy atom. The van der Waals surface area contributed by atoms with Gasteiger partial charge in [-0.1, -0.05) is 18.4 Å². The molecule has 1 aliphatic heterocycles. The fourth-order valence-electron chi connectivity index (χ4n) is 4.04. The monoisotopic (exact) mass is 428 g/mol. The zero-order valence-corrected chi connectivity index (χ0v) is 17.8. The number of hydrogen-bond donors (Lipinski definition) is 1. The number of anilines is 1. The predicted octanol–water partition coefficient (Wildman–Crippen LogP) is 3.29. The number of thiazole rings is 1. The third-order valence-corrected chi connectivity index (χ3v) is 6.47. The number of aromatic nitrogens is 4. The van der Waals surface area contributed by atoms with Crippen LogP contribution in [-0.4, -0.2) is 43.4 Å². The van der Waals surface area contributed by atoms with Gasteiger partial charge in [-0.2, -0.15) is 0 Å². The van der Waals surface area contributed by atoms with Crippen molar-refractivity contribution in [2.45, 2.75) is 19.4 Å². The maximum atomic E-state index is 12.0. The van der Waals surface area contributed by atoms with Crippen LogP contribution in [0.2, 0.25) is 0 Å². The molecule has 154 valence electrons.